The molecule has 14 heteroatoms. The van der Waals surface area contributed by atoms with Crippen LogP contribution in [0.3, 0.4) is 0 Å². The second-order valence-electron chi connectivity index (χ2n) is 3.60. The van der Waals surface area contributed by atoms with E-state index in [1.165, 1.54) is 0 Å². The number of hydrogen-bond acceptors (Lipinski definition) is 5. The van der Waals surface area contributed by atoms with Gasteiger partial charge in [0.25, 0.3) is 0 Å². The summed E-state index contributed by atoms with van der Waals surface area (Å²) in [5.74, 6) is -5.25. The molecule has 0 spiro atoms. The van der Waals surface area contributed by atoms with Crippen LogP contribution >= 0.6 is 15.9 Å². The highest BCUT2D eigenvalue weighted by Crippen LogP contribution is 2.55. The quantitative estimate of drug-likeness (QED) is 0.273. The Bertz CT molecular complexity index is 462. The van der Waals surface area contributed by atoms with Crippen molar-refractivity contribution < 1.29 is 58.4 Å². The molecule has 7 N–H and O–H groups in total. The second-order valence-corrected chi connectivity index (χ2v) is 6.05. The summed E-state index contributed by atoms with van der Waals surface area (Å²) < 4.78 is 19.8. The molecular formula is C7H13O12P2+. The number of carbonyl (C=O) groups is 3. The zero-order chi connectivity index (χ0) is 17.4. The molecule has 12 nitrogen and oxygen atoms in total. The van der Waals surface area contributed by atoms with Crippen LogP contribution in [0.4, 0.5) is 0 Å². The summed E-state index contributed by atoms with van der Waals surface area (Å²) in [6.07, 6.45) is -3.17. The van der Waals surface area contributed by atoms with Crippen LogP contribution in [-0.2, 0) is 23.5 Å². The van der Waals surface area contributed by atoms with Gasteiger partial charge in [0.1, 0.15) is 0 Å². The van der Waals surface area contributed by atoms with Crippen LogP contribution in [0.1, 0.15) is 19.3 Å². The van der Waals surface area contributed by atoms with E-state index in [0.29, 0.717) is 0 Å². The van der Waals surface area contributed by atoms with Crippen molar-refractivity contribution in [2.45, 2.75) is 24.4 Å². The van der Waals surface area contributed by atoms with Crippen LogP contribution in [-0.4, -0.2) is 58.0 Å². The smallest absolute Gasteiger partial charge is 0.481 e. The summed E-state index contributed by atoms with van der Waals surface area (Å²) in [5.41, 5.74) is 0. The summed E-state index contributed by atoms with van der Waals surface area (Å²) in [5, 5.41) is 22.7. The summed E-state index contributed by atoms with van der Waals surface area (Å²) in [7, 11) is -8.19. The fourth-order valence-electron chi connectivity index (χ4n) is 1.21. The van der Waals surface area contributed by atoms with Gasteiger partial charge in [-0.25, -0.2) is 0 Å². The Morgan fingerprint density at radius 1 is 1.00 bits per heavy atom. The number of rotatable bonds is 7. The van der Waals surface area contributed by atoms with E-state index in [-0.39, 0.29) is 0 Å². The lowest BCUT2D eigenvalue weighted by Crippen LogP contribution is -2.41. The molecule has 0 saturated heterocycles. The van der Waals surface area contributed by atoms with Gasteiger partial charge in [0.2, 0.25) is 0 Å². The average molecular weight is 351 g/mol. The Balaban J connectivity index is 0. The van der Waals surface area contributed by atoms with Crippen molar-refractivity contribution in [1.82, 2.24) is 0 Å². The minimum absolute atomic E-state index is 0.856. The molecule has 0 bridgehead atoms. The SMILES string of the molecule is O=C(O)CCC(CC(=O)O)(C(=O)O)P(=O)(O)O.O=[P+](O)O. The lowest BCUT2D eigenvalue weighted by atomic mass is 9.98. The van der Waals surface area contributed by atoms with Crippen molar-refractivity contribution >= 4 is 33.8 Å². The molecule has 1 unspecified atom stereocenters. The van der Waals surface area contributed by atoms with Crippen LogP contribution in [0.15, 0.2) is 0 Å². The van der Waals surface area contributed by atoms with Gasteiger partial charge in [-0.1, -0.05) is 0 Å². The van der Waals surface area contributed by atoms with E-state index in [9.17, 15) is 18.9 Å². The third kappa shape index (κ3) is 8.45. The molecule has 0 aliphatic carbocycles. The molecule has 0 aliphatic heterocycles. The minimum atomic E-state index is -5.32. The predicted octanol–water partition coefficient (Wildman–Crippen LogP) is -1.04. The number of carboxylic acids is 3. The first-order valence-corrected chi connectivity index (χ1v) is 7.61. The van der Waals surface area contributed by atoms with E-state index in [4.69, 9.17) is 39.5 Å². The molecule has 0 aliphatic rings. The van der Waals surface area contributed by atoms with Crippen LogP contribution in [0.2, 0.25) is 0 Å². The fraction of sp³-hybridized carbons (Fsp3) is 0.571. The minimum Gasteiger partial charge on any atom is -0.481 e. The first kappa shape index (κ1) is 21.9. The molecule has 122 valence electrons. The van der Waals surface area contributed by atoms with Crippen LogP contribution in [0.5, 0.6) is 0 Å². The highest BCUT2D eigenvalue weighted by atomic mass is 31.2. The van der Waals surface area contributed by atoms with Crippen molar-refractivity contribution in [3.05, 3.63) is 0 Å². The summed E-state index contributed by atoms with van der Waals surface area (Å²) >= 11 is 0. The molecule has 0 saturated carbocycles. The van der Waals surface area contributed by atoms with Gasteiger partial charge in [-0.15, -0.1) is 9.79 Å². The van der Waals surface area contributed by atoms with E-state index >= 15 is 0 Å². The van der Waals surface area contributed by atoms with E-state index in [2.05, 4.69) is 0 Å². The summed E-state index contributed by atoms with van der Waals surface area (Å²) in [6.45, 7) is 0. The molecule has 0 fully saturated rings. The molecule has 0 heterocycles. The van der Waals surface area contributed by atoms with Crippen molar-refractivity contribution in [1.29, 1.82) is 0 Å². The maximum Gasteiger partial charge on any atom is 0.692 e. The Morgan fingerprint density at radius 2 is 1.38 bits per heavy atom. The monoisotopic (exact) mass is 351 g/mol. The summed E-state index contributed by atoms with van der Waals surface area (Å²) in [6, 6.07) is 0. The van der Waals surface area contributed by atoms with Gasteiger partial charge in [-0.3, -0.25) is 18.9 Å². The molecule has 0 aromatic carbocycles. The lowest BCUT2D eigenvalue weighted by Gasteiger charge is -2.27. The highest BCUT2D eigenvalue weighted by molar-refractivity contribution is 7.54. The van der Waals surface area contributed by atoms with Gasteiger partial charge in [-0.05, 0) is 6.42 Å². The van der Waals surface area contributed by atoms with Gasteiger partial charge in [0.05, 0.1) is 6.42 Å². The van der Waals surface area contributed by atoms with Gasteiger partial charge in [-0.2, -0.15) is 0 Å². The van der Waals surface area contributed by atoms with Crippen molar-refractivity contribution in [2.75, 3.05) is 0 Å². The fourth-order valence-corrected chi connectivity index (χ4v) is 2.20. The van der Waals surface area contributed by atoms with Gasteiger partial charge < -0.3 is 25.1 Å². The Kier molecular flexibility index (Phi) is 9.14. The largest absolute Gasteiger partial charge is 0.692 e. The van der Waals surface area contributed by atoms with Gasteiger partial charge in [0.15, 0.2) is 5.16 Å². The topological polar surface area (TPSA) is 227 Å². The predicted molar refractivity (Wildman–Crippen MR) is 63.6 cm³/mol. The zero-order valence-electron chi connectivity index (χ0n) is 10.2. The molecule has 0 amide bonds. The number of carboxylic acid groups (broad SMARTS) is 3. The summed E-state index contributed by atoms with van der Waals surface area (Å²) in [4.78, 5) is 63.7. The van der Waals surface area contributed by atoms with Gasteiger partial charge >= 0.3 is 33.8 Å². The third-order valence-corrected chi connectivity index (χ3v) is 3.84. The molecular weight excluding hydrogens is 338 g/mol. The molecule has 0 aromatic heterocycles. The van der Waals surface area contributed by atoms with Crippen LogP contribution < -0.4 is 0 Å². The normalized spacial score (nSPS) is 13.3. The zero-order valence-corrected chi connectivity index (χ0v) is 12.0. The second kappa shape index (κ2) is 8.78. The number of hydrogen-bond donors (Lipinski definition) is 7. The Morgan fingerprint density at radius 3 is 1.57 bits per heavy atom. The first-order chi connectivity index (χ1) is 9.26. The lowest BCUT2D eigenvalue weighted by molar-refractivity contribution is -0.148. The van der Waals surface area contributed by atoms with Crippen molar-refractivity contribution in [2.24, 2.45) is 0 Å². The number of aliphatic carboxylic acids is 3. The molecule has 1 atom stereocenters. The Labute approximate surface area is 117 Å². The molecule has 21 heavy (non-hydrogen) atoms. The van der Waals surface area contributed by atoms with Crippen molar-refractivity contribution in [3.63, 3.8) is 0 Å². The van der Waals surface area contributed by atoms with E-state index in [0.717, 1.165) is 0 Å². The first-order valence-electron chi connectivity index (χ1n) is 4.84. The van der Waals surface area contributed by atoms with Gasteiger partial charge in [0, 0.05) is 11.0 Å². The van der Waals surface area contributed by atoms with Crippen LogP contribution in [0.25, 0.3) is 0 Å². The standard InChI is InChI=1S/C7H11O9P.HO3P/c8-4(9)1-2-7(6(12)13,3-5(10)11)17(14,15)16;1-4(2)3/h1-3H2,(H,8,9)(H,10,11)(H,12,13)(H2,14,15,16);(H-,1,2,3)/p+1. The molecule has 0 aromatic rings. The maximum atomic E-state index is 11.1. The van der Waals surface area contributed by atoms with E-state index in [1.807, 2.05) is 0 Å². The van der Waals surface area contributed by atoms with Crippen molar-refractivity contribution in [3.8, 4) is 0 Å². The third-order valence-electron chi connectivity index (χ3n) is 2.15. The molecule has 0 rings (SSSR count). The van der Waals surface area contributed by atoms with E-state index < -0.39 is 58.2 Å². The maximum absolute atomic E-state index is 11.1. The molecule has 0 radical (unpaired) electrons. The average Bonchev–Trinajstić information content (AvgIpc) is 2.20. The highest BCUT2D eigenvalue weighted by Gasteiger charge is 2.55. The van der Waals surface area contributed by atoms with Crippen LogP contribution in [0, 0.1) is 0 Å². The van der Waals surface area contributed by atoms with E-state index in [1.54, 1.807) is 0 Å². The Hall–Kier alpha value is -1.42.